The molecule has 8 nitrogen and oxygen atoms in total. The number of H-pyrrole nitrogens is 2. The van der Waals surface area contributed by atoms with Crippen molar-refractivity contribution in [1.82, 2.24) is 29.9 Å². The van der Waals surface area contributed by atoms with Crippen molar-refractivity contribution >= 4 is 16.9 Å². The molecule has 0 amide bonds. The van der Waals surface area contributed by atoms with Crippen LogP contribution in [-0.2, 0) is 0 Å². The van der Waals surface area contributed by atoms with E-state index in [1.54, 1.807) is 4.68 Å². The molecule has 3 heterocycles. The summed E-state index contributed by atoms with van der Waals surface area (Å²) in [7, 11) is 0. The van der Waals surface area contributed by atoms with E-state index < -0.39 is 0 Å². The molecule has 0 aliphatic heterocycles. The Labute approximate surface area is 158 Å². The average Bonchev–Trinajstić information content (AvgIpc) is 3.33. The van der Waals surface area contributed by atoms with Gasteiger partial charge in [-0.3, -0.25) is 9.89 Å². The second kappa shape index (κ2) is 6.20. The lowest BCUT2D eigenvalue weighted by atomic mass is 10.1. The zero-order valence-electron chi connectivity index (χ0n) is 14.6. The van der Waals surface area contributed by atoms with E-state index in [9.17, 15) is 4.79 Å². The maximum Gasteiger partial charge on any atom is 0.262 e. The molecule has 0 aliphatic rings. The first-order chi connectivity index (χ1) is 13.7. The minimum Gasteiger partial charge on any atom is -0.382 e. The smallest absolute Gasteiger partial charge is 0.262 e. The molecule has 0 atom stereocenters. The van der Waals surface area contributed by atoms with Gasteiger partial charge in [-0.1, -0.05) is 48.5 Å². The molecule has 8 heteroatoms. The topological polar surface area (TPSA) is 118 Å². The van der Waals surface area contributed by atoms with Crippen molar-refractivity contribution in [3.63, 3.8) is 0 Å². The molecular weight excluding hydrogens is 354 g/mol. The maximum atomic E-state index is 12.7. The van der Waals surface area contributed by atoms with E-state index in [2.05, 4.69) is 25.3 Å². The van der Waals surface area contributed by atoms with Gasteiger partial charge in [0.15, 0.2) is 11.5 Å². The van der Waals surface area contributed by atoms with Crippen LogP contribution in [0.4, 0.5) is 5.82 Å². The number of aromatic amines is 2. The van der Waals surface area contributed by atoms with Gasteiger partial charge in [0.05, 0.1) is 23.1 Å². The number of benzene rings is 2. The Hall–Kier alpha value is -4.20. The predicted molar refractivity (Wildman–Crippen MR) is 107 cm³/mol. The number of nitrogens with two attached hydrogens (primary N) is 1. The molecule has 2 aromatic carbocycles. The Morgan fingerprint density at radius 1 is 0.964 bits per heavy atom. The fraction of sp³-hybridized carbons (Fsp3) is 0. The van der Waals surface area contributed by atoms with Crippen LogP contribution in [0.5, 0.6) is 0 Å². The van der Waals surface area contributed by atoms with Gasteiger partial charge in [0, 0.05) is 5.56 Å². The van der Waals surface area contributed by atoms with Crippen LogP contribution in [0, 0.1) is 0 Å². The van der Waals surface area contributed by atoms with Crippen LogP contribution in [0.1, 0.15) is 0 Å². The number of hydrogen-bond donors (Lipinski definition) is 3. The van der Waals surface area contributed by atoms with Crippen molar-refractivity contribution in [3.05, 3.63) is 77.2 Å². The van der Waals surface area contributed by atoms with Gasteiger partial charge in [-0.2, -0.15) is 10.2 Å². The van der Waals surface area contributed by atoms with Crippen LogP contribution < -0.4 is 11.3 Å². The number of anilines is 1. The Morgan fingerprint density at radius 3 is 2.43 bits per heavy atom. The number of nitrogens with one attached hydrogen (secondary N) is 2. The Bertz CT molecular complexity index is 1330. The molecule has 0 aliphatic carbocycles. The molecule has 0 fully saturated rings. The Balaban J connectivity index is 1.76. The van der Waals surface area contributed by atoms with Crippen LogP contribution in [0.2, 0.25) is 0 Å². The summed E-state index contributed by atoms with van der Waals surface area (Å²) in [5, 5.41) is 11.8. The van der Waals surface area contributed by atoms with Gasteiger partial charge in [-0.05, 0) is 12.1 Å². The summed E-state index contributed by atoms with van der Waals surface area (Å²) in [6, 6.07) is 19.1. The molecule has 136 valence electrons. The summed E-state index contributed by atoms with van der Waals surface area (Å²) in [6.45, 7) is 0. The molecule has 0 saturated carbocycles. The van der Waals surface area contributed by atoms with Crippen molar-refractivity contribution in [2.75, 3.05) is 5.73 Å². The normalized spacial score (nSPS) is 11.1. The quantitative estimate of drug-likeness (QED) is 0.452. The summed E-state index contributed by atoms with van der Waals surface area (Å²) in [6.07, 6.45) is 1.51. The van der Waals surface area contributed by atoms with Crippen LogP contribution >= 0.6 is 0 Å². The molecule has 0 radical (unpaired) electrons. The van der Waals surface area contributed by atoms with Gasteiger partial charge in [0.2, 0.25) is 0 Å². The first-order valence-electron chi connectivity index (χ1n) is 8.65. The highest BCUT2D eigenvalue weighted by atomic mass is 16.1. The molecule has 5 aromatic rings. The SMILES string of the molecule is Nc1n[nH]c(-c2ccccc2)c1-c1nc2c(cnn2-c2ccccc2)c(=O)[nH]1. The van der Waals surface area contributed by atoms with E-state index in [1.165, 1.54) is 6.20 Å². The second-order valence-electron chi connectivity index (χ2n) is 6.27. The van der Waals surface area contributed by atoms with Gasteiger partial charge < -0.3 is 10.7 Å². The number of rotatable bonds is 3. The zero-order valence-corrected chi connectivity index (χ0v) is 14.6. The lowest BCUT2D eigenvalue weighted by Crippen LogP contribution is -2.10. The van der Waals surface area contributed by atoms with E-state index in [0.29, 0.717) is 28.1 Å². The molecule has 0 unspecified atom stereocenters. The standard InChI is InChI=1S/C20H15N7O/c21-17-15(16(25-26-17)12-7-3-1-4-8-12)18-23-19-14(20(28)24-18)11-22-27(19)13-9-5-2-6-10-13/h1-11H,(H3,21,25,26)(H,23,24,28). The monoisotopic (exact) mass is 369 g/mol. The number of hydrogen-bond acceptors (Lipinski definition) is 5. The molecule has 0 saturated heterocycles. The van der Waals surface area contributed by atoms with E-state index >= 15 is 0 Å². The number of nitrogen functional groups attached to an aromatic ring is 1. The maximum absolute atomic E-state index is 12.7. The molecular formula is C20H15N7O. The lowest BCUT2D eigenvalue weighted by molar-refractivity contribution is 0.895. The van der Waals surface area contributed by atoms with Crippen molar-refractivity contribution < 1.29 is 0 Å². The van der Waals surface area contributed by atoms with E-state index in [1.807, 2.05) is 60.7 Å². The predicted octanol–water partition coefficient (Wildman–Crippen LogP) is 2.75. The molecule has 0 bridgehead atoms. The molecule has 5 rings (SSSR count). The average molecular weight is 369 g/mol. The first-order valence-corrected chi connectivity index (χ1v) is 8.65. The number of fused-ring (bicyclic) bond motifs is 1. The van der Waals surface area contributed by atoms with Crippen molar-refractivity contribution in [3.8, 4) is 28.3 Å². The number of aromatic nitrogens is 6. The molecule has 28 heavy (non-hydrogen) atoms. The number of para-hydroxylation sites is 1. The Morgan fingerprint density at radius 2 is 1.68 bits per heavy atom. The molecule has 4 N–H and O–H groups in total. The highest BCUT2D eigenvalue weighted by molar-refractivity contribution is 5.87. The summed E-state index contributed by atoms with van der Waals surface area (Å²) < 4.78 is 1.63. The highest BCUT2D eigenvalue weighted by Gasteiger charge is 2.19. The van der Waals surface area contributed by atoms with Crippen LogP contribution in [0.3, 0.4) is 0 Å². The minimum atomic E-state index is -0.290. The highest BCUT2D eigenvalue weighted by Crippen LogP contribution is 2.32. The number of nitrogens with zero attached hydrogens (tertiary/aromatic N) is 4. The fourth-order valence-corrected chi connectivity index (χ4v) is 3.20. The first kappa shape index (κ1) is 16.0. The largest absolute Gasteiger partial charge is 0.382 e. The third kappa shape index (κ3) is 2.47. The van der Waals surface area contributed by atoms with Crippen molar-refractivity contribution in [2.45, 2.75) is 0 Å². The summed E-state index contributed by atoms with van der Waals surface area (Å²) >= 11 is 0. The summed E-state index contributed by atoms with van der Waals surface area (Å²) in [5.74, 6) is 0.590. The molecule has 0 spiro atoms. The fourth-order valence-electron chi connectivity index (χ4n) is 3.20. The van der Waals surface area contributed by atoms with Crippen molar-refractivity contribution in [1.29, 1.82) is 0 Å². The molecule has 3 aromatic heterocycles. The van der Waals surface area contributed by atoms with E-state index in [0.717, 1.165) is 11.3 Å². The van der Waals surface area contributed by atoms with E-state index in [-0.39, 0.29) is 11.4 Å². The van der Waals surface area contributed by atoms with Gasteiger partial charge in [-0.15, -0.1) is 0 Å². The zero-order chi connectivity index (χ0) is 19.1. The van der Waals surface area contributed by atoms with E-state index in [4.69, 9.17) is 5.73 Å². The Kier molecular flexibility index (Phi) is 3.55. The summed E-state index contributed by atoms with van der Waals surface area (Å²) in [5.41, 5.74) is 9.19. The third-order valence-corrected chi connectivity index (χ3v) is 4.53. The van der Waals surface area contributed by atoms with Crippen LogP contribution in [0.15, 0.2) is 71.7 Å². The summed E-state index contributed by atoms with van der Waals surface area (Å²) in [4.78, 5) is 20.2. The second-order valence-corrected chi connectivity index (χ2v) is 6.27. The van der Waals surface area contributed by atoms with Crippen LogP contribution in [0.25, 0.3) is 39.4 Å². The van der Waals surface area contributed by atoms with Gasteiger partial charge >= 0.3 is 0 Å². The third-order valence-electron chi connectivity index (χ3n) is 4.53. The van der Waals surface area contributed by atoms with Crippen LogP contribution in [-0.4, -0.2) is 29.9 Å². The van der Waals surface area contributed by atoms with Gasteiger partial charge in [0.25, 0.3) is 5.56 Å². The lowest BCUT2D eigenvalue weighted by Gasteiger charge is -2.06. The van der Waals surface area contributed by atoms with Crippen molar-refractivity contribution in [2.24, 2.45) is 0 Å². The minimum absolute atomic E-state index is 0.257. The van der Waals surface area contributed by atoms with Gasteiger partial charge in [0.1, 0.15) is 11.2 Å². The van der Waals surface area contributed by atoms with Gasteiger partial charge in [-0.25, -0.2) is 9.67 Å².